The van der Waals surface area contributed by atoms with Gasteiger partial charge in [-0.25, -0.2) is 4.79 Å². The molecule has 2 rings (SSSR count). The number of ether oxygens (including phenoxy) is 1. The highest BCUT2D eigenvalue weighted by molar-refractivity contribution is 5.99. The molecule has 0 aromatic heterocycles. The maximum atomic E-state index is 13.0. The van der Waals surface area contributed by atoms with Crippen molar-refractivity contribution in [3.05, 3.63) is 75.8 Å². The third kappa shape index (κ3) is 4.80. The van der Waals surface area contributed by atoms with E-state index in [2.05, 4.69) is 5.32 Å². The number of nitrogens with one attached hydrogen (secondary N) is 1. The summed E-state index contributed by atoms with van der Waals surface area (Å²) in [4.78, 5) is 49.4. The fourth-order valence-electron chi connectivity index (χ4n) is 2.67. The number of hydrogen-bond donors (Lipinski definition) is 1. The van der Waals surface area contributed by atoms with E-state index in [9.17, 15) is 24.5 Å². The monoisotopic (exact) mass is 413 g/mol. The van der Waals surface area contributed by atoms with E-state index in [1.54, 1.807) is 30.3 Å². The normalized spacial score (nSPS) is 11.9. The van der Waals surface area contributed by atoms with Crippen molar-refractivity contribution in [2.45, 2.75) is 25.4 Å². The van der Waals surface area contributed by atoms with Gasteiger partial charge in [0.25, 0.3) is 11.6 Å². The summed E-state index contributed by atoms with van der Waals surface area (Å²) in [5.41, 5.74) is -0.746. The standard InChI is InChI=1S/C21H23N3O6/c1-21(2,23(3)18(25)15-10-12-16(13-11-15)24(28)29)20(27)22-17(19(26)30-4)14-8-6-5-7-9-14/h5-13,17H,1-4H3,(H,22,27). The zero-order valence-corrected chi connectivity index (χ0v) is 17.1. The second-order valence-corrected chi connectivity index (χ2v) is 7.07. The van der Waals surface area contributed by atoms with E-state index >= 15 is 0 Å². The minimum absolute atomic E-state index is 0.144. The van der Waals surface area contributed by atoms with Crippen LogP contribution in [0.2, 0.25) is 0 Å². The third-order valence-corrected chi connectivity index (χ3v) is 4.87. The summed E-state index contributed by atoms with van der Waals surface area (Å²) < 4.78 is 4.80. The molecule has 9 nitrogen and oxygen atoms in total. The van der Waals surface area contributed by atoms with E-state index in [-0.39, 0.29) is 11.3 Å². The molecular formula is C21H23N3O6. The van der Waals surface area contributed by atoms with Gasteiger partial charge in [0.2, 0.25) is 5.91 Å². The average Bonchev–Trinajstić information content (AvgIpc) is 2.76. The average molecular weight is 413 g/mol. The highest BCUT2D eigenvalue weighted by Gasteiger charge is 2.38. The SMILES string of the molecule is COC(=O)C(NC(=O)C(C)(C)N(C)C(=O)c1ccc([N+](=O)[O-])cc1)c1ccccc1. The smallest absolute Gasteiger partial charge is 0.333 e. The molecule has 0 spiro atoms. The Hall–Kier alpha value is -3.75. The molecule has 1 N–H and O–H groups in total. The third-order valence-electron chi connectivity index (χ3n) is 4.87. The van der Waals surface area contributed by atoms with Crippen molar-refractivity contribution in [2.75, 3.05) is 14.2 Å². The number of amides is 2. The number of rotatable bonds is 7. The second kappa shape index (κ2) is 9.17. The van der Waals surface area contributed by atoms with Gasteiger partial charge in [-0.1, -0.05) is 30.3 Å². The molecule has 0 aliphatic heterocycles. The lowest BCUT2D eigenvalue weighted by Crippen LogP contribution is -2.56. The fourth-order valence-corrected chi connectivity index (χ4v) is 2.67. The first-order chi connectivity index (χ1) is 14.1. The first-order valence-corrected chi connectivity index (χ1v) is 9.06. The van der Waals surface area contributed by atoms with Crippen LogP contribution in [0.3, 0.4) is 0 Å². The molecule has 0 saturated heterocycles. The number of nitro groups is 1. The number of hydrogen-bond acceptors (Lipinski definition) is 6. The van der Waals surface area contributed by atoms with E-state index in [1.807, 2.05) is 0 Å². The molecule has 9 heteroatoms. The van der Waals surface area contributed by atoms with E-state index in [0.29, 0.717) is 5.56 Å². The quantitative estimate of drug-likeness (QED) is 0.423. The summed E-state index contributed by atoms with van der Waals surface area (Å²) in [6, 6.07) is 12.7. The van der Waals surface area contributed by atoms with Crippen molar-refractivity contribution in [3.8, 4) is 0 Å². The van der Waals surface area contributed by atoms with E-state index < -0.39 is 34.3 Å². The fraction of sp³-hybridized carbons (Fsp3) is 0.286. The van der Waals surface area contributed by atoms with Gasteiger partial charge in [-0.15, -0.1) is 0 Å². The number of likely N-dealkylation sites (N-methyl/N-ethyl adjacent to an activating group) is 1. The van der Waals surface area contributed by atoms with E-state index in [1.165, 1.54) is 57.2 Å². The predicted molar refractivity (Wildman–Crippen MR) is 109 cm³/mol. The van der Waals surface area contributed by atoms with Crippen LogP contribution >= 0.6 is 0 Å². The van der Waals surface area contributed by atoms with Crippen molar-refractivity contribution in [1.29, 1.82) is 0 Å². The van der Waals surface area contributed by atoms with Crippen LogP contribution in [0.25, 0.3) is 0 Å². The summed E-state index contributed by atoms with van der Waals surface area (Å²) in [7, 11) is 2.67. The Morgan fingerprint density at radius 2 is 1.63 bits per heavy atom. The molecule has 0 radical (unpaired) electrons. The van der Waals surface area contributed by atoms with Crippen LogP contribution in [0, 0.1) is 10.1 Å². The van der Waals surface area contributed by atoms with Crippen LogP contribution in [-0.4, -0.2) is 47.3 Å². The van der Waals surface area contributed by atoms with Crippen molar-refractivity contribution in [3.63, 3.8) is 0 Å². The number of carbonyl (C=O) groups excluding carboxylic acids is 3. The Balaban J connectivity index is 2.22. The van der Waals surface area contributed by atoms with E-state index in [0.717, 1.165) is 0 Å². The Morgan fingerprint density at radius 3 is 2.13 bits per heavy atom. The molecule has 1 unspecified atom stereocenters. The molecule has 0 bridgehead atoms. The van der Waals surface area contributed by atoms with Gasteiger partial charge in [-0.2, -0.15) is 0 Å². The van der Waals surface area contributed by atoms with Crippen molar-refractivity contribution < 1.29 is 24.0 Å². The number of nitrogens with zero attached hydrogens (tertiary/aromatic N) is 2. The summed E-state index contributed by atoms with van der Waals surface area (Å²) in [5.74, 6) is -1.71. The molecule has 2 aromatic rings. The Kier molecular flexibility index (Phi) is 6.89. The lowest BCUT2D eigenvalue weighted by molar-refractivity contribution is -0.384. The molecule has 0 fully saturated rings. The van der Waals surface area contributed by atoms with Gasteiger partial charge in [0, 0.05) is 24.7 Å². The van der Waals surface area contributed by atoms with Gasteiger partial charge in [0.05, 0.1) is 12.0 Å². The molecule has 2 amide bonds. The molecule has 30 heavy (non-hydrogen) atoms. The molecule has 2 aromatic carbocycles. The summed E-state index contributed by atoms with van der Waals surface area (Å²) in [6.45, 7) is 3.07. The zero-order chi connectivity index (χ0) is 22.5. The van der Waals surface area contributed by atoms with Gasteiger partial charge in [0.1, 0.15) is 5.54 Å². The lowest BCUT2D eigenvalue weighted by atomic mass is 9.98. The van der Waals surface area contributed by atoms with Crippen LogP contribution < -0.4 is 5.32 Å². The van der Waals surface area contributed by atoms with E-state index in [4.69, 9.17) is 4.74 Å². The molecule has 0 saturated carbocycles. The number of carbonyl (C=O) groups is 3. The number of benzene rings is 2. The summed E-state index contributed by atoms with van der Waals surface area (Å²) in [6.07, 6.45) is 0. The minimum Gasteiger partial charge on any atom is -0.467 e. The van der Waals surface area contributed by atoms with Crippen molar-refractivity contribution in [2.24, 2.45) is 0 Å². The molecule has 0 aliphatic rings. The van der Waals surface area contributed by atoms with Crippen LogP contribution in [0.5, 0.6) is 0 Å². The zero-order valence-electron chi connectivity index (χ0n) is 17.1. The Labute approximate surface area is 173 Å². The topological polar surface area (TPSA) is 119 Å². The maximum Gasteiger partial charge on any atom is 0.333 e. The highest BCUT2D eigenvalue weighted by Crippen LogP contribution is 2.21. The number of non-ortho nitro benzene ring substituents is 1. The van der Waals surface area contributed by atoms with Crippen molar-refractivity contribution in [1.82, 2.24) is 10.2 Å². The molecular weight excluding hydrogens is 390 g/mol. The minimum atomic E-state index is -1.33. The van der Waals surface area contributed by atoms with Crippen LogP contribution in [0.1, 0.15) is 35.8 Å². The molecule has 0 heterocycles. The number of esters is 1. The van der Waals surface area contributed by atoms with Crippen LogP contribution in [0.4, 0.5) is 5.69 Å². The molecule has 158 valence electrons. The maximum absolute atomic E-state index is 13.0. The number of nitro benzene ring substituents is 1. The molecule has 0 aliphatic carbocycles. The highest BCUT2D eigenvalue weighted by atomic mass is 16.6. The van der Waals surface area contributed by atoms with Gasteiger partial charge >= 0.3 is 5.97 Å². The first kappa shape index (κ1) is 22.5. The van der Waals surface area contributed by atoms with Gasteiger partial charge < -0.3 is 15.0 Å². The van der Waals surface area contributed by atoms with Gasteiger partial charge in [-0.05, 0) is 31.5 Å². The second-order valence-electron chi connectivity index (χ2n) is 7.07. The summed E-state index contributed by atoms with van der Waals surface area (Å²) >= 11 is 0. The first-order valence-electron chi connectivity index (χ1n) is 9.06. The number of methoxy groups -OCH3 is 1. The lowest BCUT2D eigenvalue weighted by Gasteiger charge is -2.35. The summed E-state index contributed by atoms with van der Waals surface area (Å²) in [5, 5.41) is 13.4. The largest absolute Gasteiger partial charge is 0.467 e. The predicted octanol–water partition coefficient (Wildman–Crippen LogP) is 2.48. The van der Waals surface area contributed by atoms with Gasteiger partial charge in [0.15, 0.2) is 6.04 Å². The van der Waals surface area contributed by atoms with Crippen LogP contribution in [-0.2, 0) is 14.3 Å². The Morgan fingerprint density at radius 1 is 1.07 bits per heavy atom. The van der Waals surface area contributed by atoms with Gasteiger partial charge in [-0.3, -0.25) is 19.7 Å². The van der Waals surface area contributed by atoms with Crippen molar-refractivity contribution >= 4 is 23.5 Å². The Bertz CT molecular complexity index is 941. The van der Waals surface area contributed by atoms with Crippen LogP contribution in [0.15, 0.2) is 54.6 Å². The molecule has 1 atom stereocenters.